The Hall–Kier alpha value is -0.110. The van der Waals surface area contributed by atoms with Crippen LogP contribution in [0.3, 0.4) is 0 Å². The van der Waals surface area contributed by atoms with Gasteiger partial charge in [0.25, 0.3) is 0 Å². The Bertz CT molecular complexity index is 209. The number of alkyl halides is 1. The first-order chi connectivity index (χ1) is 7.29. The van der Waals surface area contributed by atoms with Gasteiger partial charge in [-0.1, -0.05) is 20.3 Å². The van der Waals surface area contributed by atoms with Crippen LogP contribution in [0.2, 0.25) is 0 Å². The van der Waals surface area contributed by atoms with Crippen molar-refractivity contribution in [3.05, 3.63) is 0 Å². The van der Waals surface area contributed by atoms with Crippen molar-refractivity contribution >= 4 is 0 Å². The second kappa shape index (κ2) is 5.48. The number of hydrogen-bond acceptors (Lipinski definition) is 1. The van der Waals surface area contributed by atoms with Gasteiger partial charge in [0.05, 0.1) is 0 Å². The predicted molar refractivity (Wildman–Crippen MR) is 68.3 cm³/mol. The van der Waals surface area contributed by atoms with Gasteiger partial charge in [-0.3, -0.25) is 0 Å². The zero-order valence-corrected chi connectivity index (χ0v) is 11.5. The average molecular weight is 229 g/mol. The third-order valence-electron chi connectivity index (χ3n) is 3.98. The van der Waals surface area contributed by atoms with Gasteiger partial charge < -0.3 is 5.32 Å². The third-order valence-corrected chi connectivity index (χ3v) is 3.98. The predicted octanol–water partition coefficient (Wildman–Crippen LogP) is 3.78. The Labute approximate surface area is 100 Å². The van der Waals surface area contributed by atoms with E-state index < -0.39 is 6.17 Å². The molecule has 0 radical (unpaired) electrons. The first-order valence-corrected chi connectivity index (χ1v) is 6.68. The zero-order chi connectivity index (χ0) is 12.3. The molecular formula is C14H28FN. The molecule has 1 N–H and O–H groups in total. The summed E-state index contributed by atoms with van der Waals surface area (Å²) in [6.45, 7) is 11.3. The van der Waals surface area contributed by atoms with E-state index in [9.17, 15) is 4.39 Å². The molecule has 1 aliphatic carbocycles. The molecule has 0 saturated heterocycles. The lowest BCUT2D eigenvalue weighted by Gasteiger charge is -2.34. The highest BCUT2D eigenvalue weighted by Crippen LogP contribution is 2.35. The summed E-state index contributed by atoms with van der Waals surface area (Å²) in [5, 5.41) is 3.27. The van der Waals surface area contributed by atoms with Crippen molar-refractivity contribution in [2.45, 2.75) is 65.6 Å². The number of nitrogens with one attached hydrogen (secondary N) is 1. The lowest BCUT2D eigenvalue weighted by atomic mass is 9.74. The Morgan fingerprint density at radius 1 is 1.19 bits per heavy atom. The summed E-state index contributed by atoms with van der Waals surface area (Å²) in [4.78, 5) is 0. The average Bonchev–Trinajstić information content (AvgIpc) is 2.17. The summed E-state index contributed by atoms with van der Waals surface area (Å²) >= 11 is 0. The minimum Gasteiger partial charge on any atom is -0.309 e. The first kappa shape index (κ1) is 14.0. The molecule has 1 rings (SSSR count). The molecule has 0 aromatic rings. The quantitative estimate of drug-likeness (QED) is 0.776. The van der Waals surface area contributed by atoms with Crippen LogP contribution >= 0.6 is 0 Å². The van der Waals surface area contributed by atoms with Gasteiger partial charge in [-0.2, -0.15) is 0 Å². The monoisotopic (exact) mass is 229 g/mol. The maximum Gasteiger partial charge on any atom is 0.115 e. The molecule has 1 aliphatic rings. The molecule has 0 aromatic heterocycles. The van der Waals surface area contributed by atoms with Gasteiger partial charge >= 0.3 is 0 Å². The van der Waals surface area contributed by atoms with Crippen molar-refractivity contribution in [1.82, 2.24) is 5.32 Å². The van der Waals surface area contributed by atoms with Crippen molar-refractivity contribution in [3.8, 4) is 0 Å². The Kier molecular flexibility index (Phi) is 4.78. The van der Waals surface area contributed by atoms with Crippen molar-refractivity contribution in [2.75, 3.05) is 6.54 Å². The highest BCUT2D eigenvalue weighted by Gasteiger charge is 2.30. The van der Waals surface area contributed by atoms with E-state index in [2.05, 4.69) is 39.9 Å². The van der Waals surface area contributed by atoms with Gasteiger partial charge in [-0.25, -0.2) is 4.39 Å². The molecule has 4 unspecified atom stereocenters. The molecule has 0 spiro atoms. The molecule has 0 amide bonds. The van der Waals surface area contributed by atoms with Crippen LogP contribution in [0.1, 0.15) is 53.9 Å². The molecule has 0 aromatic carbocycles. The summed E-state index contributed by atoms with van der Waals surface area (Å²) in [6.07, 6.45) is 2.66. The van der Waals surface area contributed by atoms with Crippen molar-refractivity contribution in [3.63, 3.8) is 0 Å². The lowest BCUT2D eigenvalue weighted by Crippen LogP contribution is -2.42. The molecule has 1 fully saturated rings. The summed E-state index contributed by atoms with van der Waals surface area (Å²) in [5.74, 6) is 1.74. The van der Waals surface area contributed by atoms with Crippen LogP contribution in [-0.4, -0.2) is 18.3 Å². The van der Waals surface area contributed by atoms with Gasteiger partial charge in [0.1, 0.15) is 6.17 Å². The smallest absolute Gasteiger partial charge is 0.115 e. The number of rotatable bonds is 3. The summed E-state index contributed by atoms with van der Waals surface area (Å²) < 4.78 is 14.1. The fraction of sp³-hybridized carbons (Fsp3) is 1.00. The minimum absolute atomic E-state index is 0.0257. The Balaban J connectivity index is 2.34. The van der Waals surface area contributed by atoms with Crippen LogP contribution in [0, 0.1) is 17.8 Å². The normalized spacial score (nSPS) is 33.8. The van der Waals surface area contributed by atoms with E-state index in [-0.39, 0.29) is 11.5 Å². The van der Waals surface area contributed by atoms with Crippen LogP contribution < -0.4 is 5.32 Å². The maximum absolute atomic E-state index is 14.1. The summed E-state index contributed by atoms with van der Waals surface area (Å²) in [6, 6.07) is 0. The van der Waals surface area contributed by atoms with Gasteiger partial charge in [0, 0.05) is 12.1 Å². The van der Waals surface area contributed by atoms with Gasteiger partial charge in [0.15, 0.2) is 0 Å². The van der Waals surface area contributed by atoms with Gasteiger partial charge in [0.2, 0.25) is 0 Å². The van der Waals surface area contributed by atoms with E-state index in [0.29, 0.717) is 12.5 Å². The molecule has 16 heavy (non-hydrogen) atoms. The third kappa shape index (κ3) is 4.40. The molecule has 96 valence electrons. The fourth-order valence-corrected chi connectivity index (χ4v) is 2.49. The molecule has 4 atom stereocenters. The fourth-order valence-electron chi connectivity index (χ4n) is 2.49. The summed E-state index contributed by atoms with van der Waals surface area (Å²) in [5.41, 5.74) is 0.0257. The molecule has 0 bridgehead atoms. The largest absolute Gasteiger partial charge is 0.309 e. The molecule has 0 aliphatic heterocycles. The van der Waals surface area contributed by atoms with Crippen molar-refractivity contribution in [1.29, 1.82) is 0 Å². The van der Waals surface area contributed by atoms with E-state index in [1.165, 1.54) is 6.42 Å². The van der Waals surface area contributed by atoms with Crippen molar-refractivity contribution in [2.24, 2.45) is 17.8 Å². The van der Waals surface area contributed by atoms with Crippen molar-refractivity contribution < 1.29 is 4.39 Å². The second-order valence-corrected chi connectivity index (χ2v) is 6.67. The molecule has 1 saturated carbocycles. The highest BCUT2D eigenvalue weighted by molar-refractivity contribution is 4.82. The van der Waals surface area contributed by atoms with Gasteiger partial charge in [-0.05, 0) is 51.4 Å². The zero-order valence-electron chi connectivity index (χ0n) is 11.5. The standard InChI is InChI=1S/C14H28FN/c1-10-6-7-12(8-11(10)2)13(15)9-16-14(3,4)5/h10-13,16H,6-9H2,1-5H3. The van der Waals surface area contributed by atoms with Crippen LogP contribution in [0.15, 0.2) is 0 Å². The molecule has 0 heterocycles. The van der Waals surface area contributed by atoms with E-state index in [1.807, 2.05) is 0 Å². The Morgan fingerprint density at radius 3 is 2.31 bits per heavy atom. The second-order valence-electron chi connectivity index (χ2n) is 6.67. The SMILES string of the molecule is CC1CCC(C(F)CNC(C)(C)C)CC1C. The van der Waals surface area contributed by atoms with E-state index in [0.717, 1.165) is 18.8 Å². The lowest BCUT2D eigenvalue weighted by molar-refractivity contribution is 0.117. The maximum atomic E-state index is 14.1. The number of hydrogen-bond donors (Lipinski definition) is 1. The molecule has 1 nitrogen and oxygen atoms in total. The van der Waals surface area contributed by atoms with Crippen LogP contribution in [0.4, 0.5) is 4.39 Å². The highest BCUT2D eigenvalue weighted by atomic mass is 19.1. The summed E-state index contributed by atoms with van der Waals surface area (Å²) in [7, 11) is 0. The molecular weight excluding hydrogens is 201 g/mol. The van der Waals surface area contributed by atoms with Crippen LogP contribution in [0.25, 0.3) is 0 Å². The Morgan fingerprint density at radius 2 is 1.81 bits per heavy atom. The van der Waals surface area contributed by atoms with Crippen LogP contribution in [-0.2, 0) is 0 Å². The topological polar surface area (TPSA) is 12.0 Å². The van der Waals surface area contributed by atoms with E-state index in [1.54, 1.807) is 0 Å². The van der Waals surface area contributed by atoms with E-state index in [4.69, 9.17) is 0 Å². The first-order valence-electron chi connectivity index (χ1n) is 6.68. The number of halogens is 1. The van der Waals surface area contributed by atoms with Gasteiger partial charge in [-0.15, -0.1) is 0 Å². The molecule has 2 heteroatoms. The van der Waals surface area contributed by atoms with Crippen LogP contribution in [0.5, 0.6) is 0 Å². The minimum atomic E-state index is -0.672. The van der Waals surface area contributed by atoms with E-state index >= 15 is 0 Å².